The van der Waals surface area contributed by atoms with Crippen LogP contribution in [0.5, 0.6) is 0 Å². The summed E-state index contributed by atoms with van der Waals surface area (Å²) in [6, 6.07) is 0. The summed E-state index contributed by atoms with van der Waals surface area (Å²) in [5, 5.41) is 9.08. The van der Waals surface area contributed by atoms with E-state index in [0.29, 0.717) is 25.0 Å². The molecule has 0 unspecified atom stereocenters. The molecule has 1 fully saturated rings. The van der Waals surface area contributed by atoms with E-state index in [1.807, 2.05) is 33.2 Å². The third-order valence-corrected chi connectivity index (χ3v) is 2.89. The van der Waals surface area contributed by atoms with Crippen molar-refractivity contribution < 1.29 is 14.8 Å². The Morgan fingerprint density at radius 2 is 1.76 bits per heavy atom. The fourth-order valence-electron chi connectivity index (χ4n) is 2.21. The molecular weight excluding hydrogens is 218 g/mol. The Balaban J connectivity index is 3.07. The number of Topliss-reactive ketones (excluding diaryl/α,β-unsaturated/α-hetero) is 2. The number of hydroxylamine groups is 1. The first-order valence-corrected chi connectivity index (χ1v) is 5.96. The predicted octanol–water partition coefficient (Wildman–Crippen LogP) is 2.22. The highest BCUT2D eigenvalue weighted by Crippen LogP contribution is 2.35. The molecule has 1 saturated carbocycles. The molecule has 4 heteroatoms. The van der Waals surface area contributed by atoms with Crippen LogP contribution in [0.1, 0.15) is 47.0 Å². The van der Waals surface area contributed by atoms with Gasteiger partial charge >= 0.3 is 0 Å². The molecule has 0 bridgehead atoms. The maximum Gasteiger partial charge on any atom is 0.168 e. The Labute approximate surface area is 102 Å². The molecular formula is C13H21NO3. The molecule has 0 aromatic heterocycles. The van der Waals surface area contributed by atoms with Gasteiger partial charge in [0.05, 0.1) is 11.3 Å². The lowest BCUT2D eigenvalue weighted by Gasteiger charge is -2.29. The number of carbonyl (C=O) groups excluding carboxylic acids is 2. The average Bonchev–Trinajstić information content (AvgIpc) is 2.12. The third-order valence-electron chi connectivity index (χ3n) is 2.89. The van der Waals surface area contributed by atoms with Crippen molar-refractivity contribution in [1.29, 1.82) is 0 Å². The molecule has 17 heavy (non-hydrogen) atoms. The van der Waals surface area contributed by atoms with Crippen molar-refractivity contribution >= 4 is 11.6 Å². The predicted molar refractivity (Wildman–Crippen MR) is 64.4 cm³/mol. The zero-order valence-corrected chi connectivity index (χ0v) is 11.0. The number of carbonyl (C=O) groups is 2. The lowest BCUT2D eigenvalue weighted by molar-refractivity contribution is -0.127. The molecule has 0 aliphatic heterocycles. The van der Waals surface area contributed by atoms with Gasteiger partial charge in [-0.3, -0.25) is 20.3 Å². The van der Waals surface area contributed by atoms with E-state index in [2.05, 4.69) is 0 Å². The second-order valence-electron chi connectivity index (χ2n) is 5.93. The molecule has 0 heterocycles. The number of nitrogens with one attached hydrogen (secondary N) is 1. The van der Waals surface area contributed by atoms with Gasteiger partial charge in [0.2, 0.25) is 0 Å². The average molecular weight is 239 g/mol. The van der Waals surface area contributed by atoms with E-state index >= 15 is 0 Å². The van der Waals surface area contributed by atoms with Crippen LogP contribution in [-0.2, 0) is 9.59 Å². The highest BCUT2D eigenvalue weighted by molar-refractivity contribution is 6.22. The maximum absolute atomic E-state index is 12.0. The summed E-state index contributed by atoms with van der Waals surface area (Å²) in [4.78, 5) is 23.9. The van der Waals surface area contributed by atoms with E-state index in [1.165, 1.54) is 0 Å². The van der Waals surface area contributed by atoms with E-state index in [4.69, 9.17) is 5.21 Å². The zero-order valence-electron chi connectivity index (χ0n) is 11.0. The first kappa shape index (κ1) is 13.9. The van der Waals surface area contributed by atoms with Crippen molar-refractivity contribution in [2.45, 2.75) is 47.0 Å². The second kappa shape index (κ2) is 5.00. The van der Waals surface area contributed by atoms with Crippen molar-refractivity contribution in [2.24, 2.45) is 11.3 Å². The summed E-state index contributed by atoms with van der Waals surface area (Å²) in [7, 11) is 0. The lowest BCUT2D eigenvalue weighted by Crippen LogP contribution is -2.34. The Bertz CT molecular complexity index is 345. The molecule has 1 rings (SSSR count). The molecule has 4 nitrogen and oxygen atoms in total. The van der Waals surface area contributed by atoms with Gasteiger partial charge in [0.1, 0.15) is 0 Å². The summed E-state index contributed by atoms with van der Waals surface area (Å²) in [5.41, 5.74) is 2.29. The van der Waals surface area contributed by atoms with E-state index in [0.717, 1.165) is 0 Å². The van der Waals surface area contributed by atoms with Crippen LogP contribution in [0.2, 0.25) is 0 Å². The number of hydrogen-bond acceptors (Lipinski definition) is 4. The minimum Gasteiger partial charge on any atom is -0.294 e. The van der Waals surface area contributed by atoms with Crippen LogP contribution in [-0.4, -0.2) is 16.8 Å². The van der Waals surface area contributed by atoms with Crippen molar-refractivity contribution in [2.75, 3.05) is 0 Å². The lowest BCUT2D eigenvalue weighted by atomic mass is 9.73. The highest BCUT2D eigenvalue weighted by atomic mass is 16.5. The minimum absolute atomic E-state index is 0.163. The van der Waals surface area contributed by atoms with Gasteiger partial charge in [-0.2, -0.15) is 0 Å². The fourth-order valence-corrected chi connectivity index (χ4v) is 2.21. The van der Waals surface area contributed by atoms with Crippen molar-refractivity contribution in [3.05, 3.63) is 11.3 Å². The minimum atomic E-state index is -0.268. The zero-order chi connectivity index (χ0) is 13.2. The molecule has 2 N–H and O–H groups in total. The summed E-state index contributed by atoms with van der Waals surface area (Å²) < 4.78 is 0. The molecule has 0 aromatic rings. The van der Waals surface area contributed by atoms with Crippen LogP contribution in [0.25, 0.3) is 0 Å². The standard InChI is InChI=1S/C13H21NO3/c1-8(2)5-9(14-17)12-10(15)6-13(3,4)7-11(12)16/h8,14,17H,5-7H2,1-4H3. The molecule has 0 aromatic carbocycles. The second-order valence-corrected chi connectivity index (χ2v) is 5.93. The number of allylic oxidation sites excluding steroid dienone is 2. The molecule has 1 aliphatic carbocycles. The Hall–Kier alpha value is -1.16. The Morgan fingerprint density at radius 1 is 1.29 bits per heavy atom. The van der Waals surface area contributed by atoms with Crippen molar-refractivity contribution in [1.82, 2.24) is 5.48 Å². The molecule has 0 atom stereocenters. The fraction of sp³-hybridized carbons (Fsp3) is 0.692. The summed E-state index contributed by atoms with van der Waals surface area (Å²) in [6.07, 6.45) is 1.22. The molecule has 1 aliphatic rings. The largest absolute Gasteiger partial charge is 0.294 e. The van der Waals surface area contributed by atoms with Gasteiger partial charge in [0, 0.05) is 12.8 Å². The summed E-state index contributed by atoms with van der Waals surface area (Å²) >= 11 is 0. The van der Waals surface area contributed by atoms with E-state index in [9.17, 15) is 9.59 Å². The third kappa shape index (κ3) is 3.40. The Kier molecular flexibility index (Phi) is 4.09. The Morgan fingerprint density at radius 3 is 2.12 bits per heavy atom. The summed E-state index contributed by atoms with van der Waals surface area (Å²) in [6.45, 7) is 7.77. The quantitative estimate of drug-likeness (QED) is 0.450. The van der Waals surface area contributed by atoms with Crippen molar-refractivity contribution in [3.8, 4) is 0 Å². The van der Waals surface area contributed by atoms with Crippen LogP contribution in [0, 0.1) is 11.3 Å². The van der Waals surface area contributed by atoms with Gasteiger partial charge < -0.3 is 0 Å². The topological polar surface area (TPSA) is 66.4 Å². The number of ketones is 2. The van der Waals surface area contributed by atoms with Crippen LogP contribution in [0.15, 0.2) is 11.3 Å². The monoisotopic (exact) mass is 239 g/mol. The summed E-state index contributed by atoms with van der Waals surface area (Å²) in [5.74, 6) is -0.0559. The van der Waals surface area contributed by atoms with E-state index in [1.54, 1.807) is 0 Å². The molecule has 0 radical (unpaired) electrons. The molecule has 0 amide bonds. The maximum atomic E-state index is 12.0. The van der Waals surface area contributed by atoms with Gasteiger partial charge in [-0.25, -0.2) is 0 Å². The van der Waals surface area contributed by atoms with Gasteiger partial charge in [-0.05, 0) is 17.8 Å². The normalized spacial score (nSPS) is 19.8. The first-order valence-electron chi connectivity index (χ1n) is 5.96. The molecule has 0 spiro atoms. The first-order chi connectivity index (χ1) is 7.76. The van der Waals surface area contributed by atoms with Gasteiger partial charge in [-0.1, -0.05) is 27.7 Å². The molecule has 96 valence electrons. The van der Waals surface area contributed by atoms with Gasteiger partial charge in [-0.15, -0.1) is 0 Å². The SMILES string of the molecule is CC(C)CC(NO)=C1C(=O)CC(C)(C)CC1=O. The highest BCUT2D eigenvalue weighted by Gasteiger charge is 2.37. The molecule has 0 saturated heterocycles. The van der Waals surface area contributed by atoms with E-state index < -0.39 is 0 Å². The smallest absolute Gasteiger partial charge is 0.168 e. The number of rotatable bonds is 3. The van der Waals surface area contributed by atoms with Crippen LogP contribution in [0.3, 0.4) is 0 Å². The van der Waals surface area contributed by atoms with Crippen LogP contribution >= 0.6 is 0 Å². The van der Waals surface area contributed by atoms with Crippen molar-refractivity contribution in [3.63, 3.8) is 0 Å². The van der Waals surface area contributed by atoms with Crippen LogP contribution in [0.4, 0.5) is 0 Å². The van der Waals surface area contributed by atoms with E-state index in [-0.39, 0.29) is 28.5 Å². The van der Waals surface area contributed by atoms with Crippen LogP contribution < -0.4 is 5.48 Å². The van der Waals surface area contributed by atoms with Gasteiger partial charge in [0.15, 0.2) is 11.6 Å². The van der Waals surface area contributed by atoms with Gasteiger partial charge in [0.25, 0.3) is 0 Å². The number of hydrogen-bond donors (Lipinski definition) is 2.